The quantitative estimate of drug-likeness (QED) is 0.864. The average molecular weight is 380 g/mol. The molecule has 1 unspecified atom stereocenters. The minimum atomic E-state index is -0.0156. The molecule has 6 nitrogen and oxygen atoms in total. The van der Waals surface area contributed by atoms with E-state index in [-0.39, 0.29) is 17.9 Å². The van der Waals surface area contributed by atoms with Gasteiger partial charge < -0.3 is 10.2 Å². The molecular formula is C22H28N4O2. The number of nitrogens with one attached hydrogen (secondary N) is 1. The maximum Gasteiger partial charge on any atom is 0.257 e. The molecule has 1 aromatic carbocycles. The molecule has 6 heteroatoms. The zero-order chi connectivity index (χ0) is 20.1. The van der Waals surface area contributed by atoms with E-state index in [0.29, 0.717) is 42.5 Å². The summed E-state index contributed by atoms with van der Waals surface area (Å²) in [7, 11) is 0. The van der Waals surface area contributed by atoms with E-state index in [9.17, 15) is 9.59 Å². The van der Waals surface area contributed by atoms with Gasteiger partial charge in [-0.05, 0) is 45.1 Å². The van der Waals surface area contributed by atoms with Crippen LogP contribution in [-0.4, -0.2) is 39.8 Å². The molecule has 0 radical (unpaired) electrons. The zero-order valence-electron chi connectivity index (χ0n) is 16.8. The topological polar surface area (TPSA) is 75.2 Å². The van der Waals surface area contributed by atoms with Crippen LogP contribution in [0.3, 0.4) is 0 Å². The summed E-state index contributed by atoms with van der Waals surface area (Å²) < 4.78 is 0. The molecule has 1 fully saturated rings. The minimum Gasteiger partial charge on any atom is -0.350 e. The van der Waals surface area contributed by atoms with E-state index >= 15 is 0 Å². The third-order valence-corrected chi connectivity index (χ3v) is 5.38. The van der Waals surface area contributed by atoms with Crippen LogP contribution in [0.4, 0.5) is 0 Å². The van der Waals surface area contributed by atoms with Crippen LogP contribution in [0.15, 0.2) is 36.5 Å². The summed E-state index contributed by atoms with van der Waals surface area (Å²) in [5, 5.41) is 3.08. The van der Waals surface area contributed by atoms with Crippen molar-refractivity contribution in [2.75, 3.05) is 13.1 Å². The molecule has 2 heterocycles. The van der Waals surface area contributed by atoms with E-state index in [1.165, 1.54) is 0 Å². The number of likely N-dealkylation sites (tertiary alicyclic amines) is 1. The van der Waals surface area contributed by atoms with Crippen molar-refractivity contribution in [3.05, 3.63) is 59.2 Å². The summed E-state index contributed by atoms with van der Waals surface area (Å²) in [6.07, 6.45) is 3.80. The van der Waals surface area contributed by atoms with Crippen molar-refractivity contribution in [3.63, 3.8) is 0 Å². The molecule has 148 valence electrons. The average Bonchev–Trinajstić information content (AvgIpc) is 2.68. The van der Waals surface area contributed by atoms with Crippen LogP contribution in [0.1, 0.15) is 59.7 Å². The molecule has 1 aromatic heterocycles. The number of aromatic nitrogens is 2. The largest absolute Gasteiger partial charge is 0.350 e. The van der Waals surface area contributed by atoms with Gasteiger partial charge in [-0.2, -0.15) is 0 Å². The Balaban J connectivity index is 1.48. The lowest BCUT2D eigenvalue weighted by molar-refractivity contribution is -0.122. The smallest absolute Gasteiger partial charge is 0.257 e. The predicted molar refractivity (Wildman–Crippen MR) is 108 cm³/mol. The highest BCUT2D eigenvalue weighted by Crippen LogP contribution is 2.23. The summed E-state index contributed by atoms with van der Waals surface area (Å²) in [6, 6.07) is 9.96. The van der Waals surface area contributed by atoms with E-state index in [0.717, 1.165) is 18.4 Å². The van der Waals surface area contributed by atoms with E-state index in [1.807, 2.05) is 56.0 Å². The molecule has 1 atom stereocenters. The van der Waals surface area contributed by atoms with Gasteiger partial charge in [0.25, 0.3) is 5.91 Å². The second kappa shape index (κ2) is 8.95. The van der Waals surface area contributed by atoms with Crippen molar-refractivity contribution in [2.24, 2.45) is 5.92 Å². The lowest BCUT2D eigenvalue weighted by Gasteiger charge is -2.32. The Bertz CT molecular complexity index is 830. The highest BCUT2D eigenvalue weighted by atomic mass is 16.2. The number of piperidine rings is 1. The van der Waals surface area contributed by atoms with Crippen molar-refractivity contribution < 1.29 is 9.59 Å². The van der Waals surface area contributed by atoms with E-state index in [4.69, 9.17) is 0 Å². The zero-order valence-corrected chi connectivity index (χ0v) is 16.8. The fourth-order valence-electron chi connectivity index (χ4n) is 3.69. The molecule has 28 heavy (non-hydrogen) atoms. The molecule has 0 saturated carbocycles. The van der Waals surface area contributed by atoms with Gasteiger partial charge in [0.1, 0.15) is 5.82 Å². The van der Waals surface area contributed by atoms with Gasteiger partial charge in [0.2, 0.25) is 5.91 Å². The van der Waals surface area contributed by atoms with E-state index in [1.54, 1.807) is 6.20 Å². The Morgan fingerprint density at radius 1 is 1.18 bits per heavy atom. The highest BCUT2D eigenvalue weighted by Gasteiger charge is 2.26. The molecule has 0 bridgehead atoms. The third-order valence-electron chi connectivity index (χ3n) is 5.38. The Morgan fingerprint density at radius 3 is 2.50 bits per heavy atom. The minimum absolute atomic E-state index is 0.000112. The second-order valence-electron chi connectivity index (χ2n) is 7.56. The first kappa shape index (κ1) is 20.0. The van der Waals surface area contributed by atoms with Gasteiger partial charge in [-0.15, -0.1) is 0 Å². The number of aryl methyl sites for hydroxylation is 2. The monoisotopic (exact) mass is 380 g/mol. The number of rotatable bonds is 5. The van der Waals surface area contributed by atoms with Gasteiger partial charge in [-0.3, -0.25) is 9.59 Å². The van der Waals surface area contributed by atoms with Crippen LogP contribution in [-0.2, 0) is 4.79 Å². The Hall–Kier alpha value is -2.76. The first-order chi connectivity index (χ1) is 13.4. The van der Waals surface area contributed by atoms with Crippen molar-refractivity contribution in [1.82, 2.24) is 20.2 Å². The molecule has 1 saturated heterocycles. The van der Waals surface area contributed by atoms with Crippen molar-refractivity contribution in [3.8, 4) is 0 Å². The SMILES string of the molecule is Cc1ncc(C(=O)N2CCC(CC(=O)NC(C)c3ccccc3)CC2)c(C)n1. The van der Waals surface area contributed by atoms with Gasteiger partial charge in [-0.1, -0.05) is 30.3 Å². The molecule has 2 aromatic rings. The number of hydrogen-bond donors (Lipinski definition) is 1. The molecule has 1 aliphatic rings. The number of benzene rings is 1. The standard InChI is InChI=1S/C22H28N4O2/c1-15(19-7-5-4-6-8-19)25-21(27)13-18-9-11-26(12-10-18)22(28)20-14-23-17(3)24-16(20)2/h4-8,14-15,18H,9-13H2,1-3H3,(H,25,27). The van der Waals surface area contributed by atoms with Crippen LogP contribution in [0.25, 0.3) is 0 Å². The predicted octanol–water partition coefficient (Wildman–Crippen LogP) is 3.21. The summed E-state index contributed by atoms with van der Waals surface area (Å²) in [6.45, 7) is 6.99. The first-order valence-electron chi connectivity index (χ1n) is 9.88. The first-order valence-corrected chi connectivity index (χ1v) is 9.88. The van der Waals surface area contributed by atoms with Gasteiger partial charge in [0, 0.05) is 25.7 Å². The Kier molecular flexibility index (Phi) is 6.39. The van der Waals surface area contributed by atoms with Gasteiger partial charge >= 0.3 is 0 Å². The normalized spacial score (nSPS) is 15.9. The summed E-state index contributed by atoms with van der Waals surface area (Å²) in [4.78, 5) is 35.4. The highest BCUT2D eigenvalue weighted by molar-refractivity contribution is 5.95. The van der Waals surface area contributed by atoms with Gasteiger partial charge in [0.15, 0.2) is 0 Å². The molecule has 2 amide bonds. The lowest BCUT2D eigenvalue weighted by atomic mass is 9.92. The van der Waals surface area contributed by atoms with Crippen LogP contribution < -0.4 is 5.32 Å². The molecule has 1 aliphatic heterocycles. The fourth-order valence-corrected chi connectivity index (χ4v) is 3.69. The van der Waals surface area contributed by atoms with Crippen LogP contribution in [0.5, 0.6) is 0 Å². The lowest BCUT2D eigenvalue weighted by Crippen LogP contribution is -2.40. The van der Waals surface area contributed by atoms with Crippen LogP contribution in [0, 0.1) is 19.8 Å². The molecular weight excluding hydrogens is 352 g/mol. The number of nitrogens with zero attached hydrogens (tertiary/aromatic N) is 3. The molecule has 1 N–H and O–H groups in total. The van der Waals surface area contributed by atoms with Crippen molar-refractivity contribution >= 4 is 11.8 Å². The Labute approximate surface area is 166 Å². The maximum atomic E-state index is 12.7. The maximum absolute atomic E-state index is 12.7. The summed E-state index contributed by atoms with van der Waals surface area (Å²) >= 11 is 0. The number of carbonyl (C=O) groups is 2. The van der Waals surface area contributed by atoms with Crippen molar-refractivity contribution in [1.29, 1.82) is 0 Å². The fraction of sp³-hybridized carbons (Fsp3) is 0.455. The number of amides is 2. The third kappa shape index (κ3) is 4.94. The Morgan fingerprint density at radius 2 is 1.86 bits per heavy atom. The van der Waals surface area contributed by atoms with E-state index < -0.39 is 0 Å². The second-order valence-corrected chi connectivity index (χ2v) is 7.56. The number of hydrogen-bond acceptors (Lipinski definition) is 4. The van der Waals surface area contributed by atoms with Crippen molar-refractivity contribution in [2.45, 2.75) is 46.1 Å². The molecule has 0 aliphatic carbocycles. The molecule has 0 spiro atoms. The van der Waals surface area contributed by atoms with Gasteiger partial charge in [0.05, 0.1) is 17.3 Å². The van der Waals surface area contributed by atoms with Crippen LogP contribution in [0.2, 0.25) is 0 Å². The van der Waals surface area contributed by atoms with Crippen LogP contribution >= 0.6 is 0 Å². The molecule has 3 rings (SSSR count). The number of carbonyl (C=O) groups excluding carboxylic acids is 2. The summed E-state index contributed by atoms with van der Waals surface area (Å²) in [5.41, 5.74) is 2.39. The van der Waals surface area contributed by atoms with Gasteiger partial charge in [-0.25, -0.2) is 9.97 Å². The summed E-state index contributed by atoms with van der Waals surface area (Å²) in [5.74, 6) is 1.04. The van der Waals surface area contributed by atoms with E-state index in [2.05, 4.69) is 15.3 Å².